The molecule has 0 aliphatic carbocycles. The smallest absolute Gasteiger partial charge is 0.121 e. The minimum Gasteiger partial charge on any atom is -0.501 e. The first-order valence-electron chi connectivity index (χ1n) is 20.4. The molecule has 8 aromatic rings. The quantitative estimate of drug-likeness (QED) is 0.123. The van der Waals surface area contributed by atoms with Crippen LogP contribution >= 0.6 is 0 Å². The van der Waals surface area contributed by atoms with Crippen molar-refractivity contribution in [2.45, 2.75) is 39.7 Å². The molecule has 3 heterocycles. The second kappa shape index (κ2) is 15.5. The van der Waals surface area contributed by atoms with Gasteiger partial charge in [0.25, 0.3) is 0 Å². The van der Waals surface area contributed by atoms with Crippen molar-refractivity contribution in [1.29, 1.82) is 0 Å². The van der Waals surface area contributed by atoms with Crippen LogP contribution in [0.3, 0.4) is 0 Å². The molecule has 1 radical (unpaired) electrons. The number of rotatable bonds is 6. The Hall–Kier alpha value is -4.93. The van der Waals surface area contributed by atoms with Crippen molar-refractivity contribution in [2.24, 2.45) is 0 Å². The van der Waals surface area contributed by atoms with Crippen LogP contribution in [0.1, 0.15) is 33.2 Å². The maximum absolute atomic E-state index is 8.88. The first-order valence-corrected chi connectivity index (χ1v) is 19.9. The normalized spacial score (nSPS) is 14.3. The zero-order chi connectivity index (χ0) is 41.5. The van der Waals surface area contributed by atoms with Crippen LogP contribution in [-0.2, 0) is 26.5 Å². The summed E-state index contributed by atoms with van der Waals surface area (Å²) in [6, 6.07) is 45.0. The molecule has 0 atom stereocenters. The van der Waals surface area contributed by atoms with Gasteiger partial charge in [0.15, 0.2) is 0 Å². The SMILES string of the molecule is [2H]C([2H])([2H])c1c[c-]c(-c2cc(C([2H])([2H])c3ccccc3)c([Si](C)(C)C)cn2)cc1.[2H]C([2H])([2H])c1ccnc(-c2[c-]ccc3c2oc2cc(-c4ccccc4)ccc23)c1.[Ir]. The van der Waals surface area contributed by atoms with Crippen LogP contribution in [0.4, 0.5) is 0 Å². The monoisotopic (exact) mass is 865 g/mol. The molecule has 0 aliphatic rings. The van der Waals surface area contributed by atoms with E-state index in [2.05, 4.69) is 66.0 Å². The van der Waals surface area contributed by atoms with Crippen LogP contribution in [0, 0.1) is 25.8 Å². The number of benzene rings is 5. The van der Waals surface area contributed by atoms with Gasteiger partial charge in [-0.3, -0.25) is 0 Å². The zero-order valence-electron chi connectivity index (χ0n) is 36.4. The van der Waals surface area contributed by atoms with E-state index in [1.54, 1.807) is 42.6 Å². The summed E-state index contributed by atoms with van der Waals surface area (Å²) in [6.45, 7) is 2.15. The summed E-state index contributed by atoms with van der Waals surface area (Å²) in [5.74, 6) is 0. The molecule has 8 rings (SSSR count). The molecule has 0 spiro atoms. The van der Waals surface area contributed by atoms with Gasteiger partial charge in [-0.25, -0.2) is 0 Å². The number of hydrogen-bond acceptors (Lipinski definition) is 3. The molecule has 3 nitrogen and oxygen atoms in total. The Morgan fingerprint density at radius 1 is 0.725 bits per heavy atom. The third kappa shape index (κ3) is 8.18. The van der Waals surface area contributed by atoms with E-state index in [4.69, 9.17) is 15.4 Å². The van der Waals surface area contributed by atoms with Crippen LogP contribution in [0.15, 0.2) is 144 Å². The third-order valence-corrected chi connectivity index (χ3v) is 10.4. The summed E-state index contributed by atoms with van der Waals surface area (Å²) < 4.78 is 69.5. The van der Waals surface area contributed by atoms with E-state index in [1.165, 1.54) is 18.3 Å². The first-order chi connectivity index (χ1) is 27.4. The van der Waals surface area contributed by atoms with Gasteiger partial charge in [0, 0.05) is 48.9 Å². The fourth-order valence-corrected chi connectivity index (χ4v) is 7.27. The van der Waals surface area contributed by atoms with Crippen molar-refractivity contribution < 1.29 is 35.5 Å². The average molecular weight is 865 g/mol. The molecule has 5 aromatic carbocycles. The molecule has 0 aliphatic heterocycles. The Labute approximate surface area is 327 Å². The molecular formula is C46H40IrN2OSi-2. The van der Waals surface area contributed by atoms with Crippen LogP contribution in [0.2, 0.25) is 19.6 Å². The summed E-state index contributed by atoms with van der Waals surface area (Å²) in [5, 5.41) is 2.92. The summed E-state index contributed by atoms with van der Waals surface area (Å²) in [6.07, 6.45) is 1.62. The maximum Gasteiger partial charge on any atom is 0.121 e. The second-order valence-electron chi connectivity index (χ2n) is 13.1. The van der Waals surface area contributed by atoms with Crippen LogP contribution < -0.4 is 5.19 Å². The number of aromatic nitrogens is 2. The van der Waals surface area contributed by atoms with Gasteiger partial charge in [0.2, 0.25) is 0 Å². The van der Waals surface area contributed by atoms with Crippen molar-refractivity contribution in [3.05, 3.63) is 174 Å². The van der Waals surface area contributed by atoms with Crippen molar-refractivity contribution in [3.8, 4) is 33.6 Å². The molecule has 0 saturated heterocycles. The molecule has 255 valence electrons. The van der Waals surface area contributed by atoms with Gasteiger partial charge in [-0.1, -0.05) is 133 Å². The van der Waals surface area contributed by atoms with Gasteiger partial charge >= 0.3 is 0 Å². The largest absolute Gasteiger partial charge is 0.501 e. The molecule has 0 saturated carbocycles. The molecule has 0 unspecified atom stereocenters. The molecule has 51 heavy (non-hydrogen) atoms. The number of furan rings is 1. The Bertz CT molecular complexity index is 2710. The number of nitrogens with zero attached hydrogens (tertiary/aromatic N) is 2. The Morgan fingerprint density at radius 3 is 2.24 bits per heavy atom. The topological polar surface area (TPSA) is 38.9 Å². The van der Waals surface area contributed by atoms with Crippen LogP contribution in [0.5, 0.6) is 0 Å². The van der Waals surface area contributed by atoms with Gasteiger partial charge in [-0.05, 0) is 58.6 Å². The molecular weight excluding hydrogens is 817 g/mol. The second-order valence-corrected chi connectivity index (χ2v) is 18.1. The van der Waals surface area contributed by atoms with Crippen molar-refractivity contribution >= 4 is 35.2 Å². The van der Waals surface area contributed by atoms with Crippen molar-refractivity contribution in [2.75, 3.05) is 0 Å². The van der Waals surface area contributed by atoms with Gasteiger partial charge in [-0.15, -0.1) is 53.6 Å². The van der Waals surface area contributed by atoms with E-state index >= 15 is 0 Å². The number of hydrogen-bond donors (Lipinski definition) is 0. The summed E-state index contributed by atoms with van der Waals surface area (Å²) in [4.78, 5) is 8.94. The van der Waals surface area contributed by atoms with E-state index < -0.39 is 28.2 Å². The molecule has 5 heteroatoms. The third-order valence-electron chi connectivity index (χ3n) is 8.41. The molecule has 0 bridgehead atoms. The molecule has 0 fully saturated rings. The van der Waals surface area contributed by atoms with E-state index in [-0.39, 0.29) is 31.2 Å². The first kappa shape index (κ1) is 26.8. The standard InChI is InChI=1S/C24H16NO.C22H24NSi.Ir/c1-16-12-13-25-22(14-16)21-9-5-8-20-19-11-10-18(15-23(19)26-24(20)21)17-6-3-2-4-7-17;1-17-10-12-19(13-11-17)21-15-20(14-18-8-6-5-7-9-18)22(16-23-21)24(2,3)4;/h2-8,10-15H,1H3;5-12,15-16H,14H2,1-4H3;/q2*-1;/i1D3;1D3,14D2;. The summed E-state index contributed by atoms with van der Waals surface area (Å²) in [7, 11) is -1.87. The zero-order valence-corrected chi connectivity index (χ0v) is 31.8. The average Bonchev–Trinajstić information content (AvgIpc) is 3.59. The molecule has 3 aromatic heterocycles. The Morgan fingerprint density at radius 2 is 1.51 bits per heavy atom. The van der Waals surface area contributed by atoms with E-state index in [0.717, 1.165) is 32.7 Å². The molecule has 0 N–H and O–H groups in total. The summed E-state index contributed by atoms with van der Waals surface area (Å²) >= 11 is 0. The summed E-state index contributed by atoms with van der Waals surface area (Å²) in [5.41, 5.74) is 7.72. The number of pyridine rings is 2. The van der Waals surface area contributed by atoms with Crippen molar-refractivity contribution in [3.63, 3.8) is 0 Å². The van der Waals surface area contributed by atoms with Gasteiger partial charge in [-0.2, -0.15) is 0 Å². The van der Waals surface area contributed by atoms with Crippen LogP contribution in [-0.4, -0.2) is 18.0 Å². The predicted molar refractivity (Wildman–Crippen MR) is 211 cm³/mol. The predicted octanol–water partition coefficient (Wildman–Crippen LogP) is 11.4. The van der Waals surface area contributed by atoms with Gasteiger partial charge in [0.1, 0.15) is 5.58 Å². The van der Waals surface area contributed by atoms with Crippen molar-refractivity contribution in [1.82, 2.24) is 9.97 Å². The minimum atomic E-state index is -2.19. The molecule has 0 amide bonds. The maximum atomic E-state index is 8.88. The fraction of sp³-hybridized carbons (Fsp3) is 0.130. The van der Waals surface area contributed by atoms with E-state index in [0.29, 0.717) is 39.2 Å². The van der Waals surface area contributed by atoms with Gasteiger partial charge < -0.3 is 14.4 Å². The van der Waals surface area contributed by atoms with E-state index in [9.17, 15) is 0 Å². The van der Waals surface area contributed by atoms with Gasteiger partial charge in [0.05, 0.1) is 13.7 Å². The number of fused-ring (bicyclic) bond motifs is 3. The number of aryl methyl sites for hydroxylation is 2. The Balaban J connectivity index is 0.000000195. The Kier molecular flexibility index (Phi) is 8.17. The fourth-order valence-electron chi connectivity index (χ4n) is 5.87. The minimum absolute atomic E-state index is 0. The van der Waals surface area contributed by atoms with Crippen LogP contribution in [0.25, 0.3) is 55.6 Å². The van der Waals surface area contributed by atoms with E-state index in [1.807, 2.05) is 54.6 Å².